The molecule has 102 valence electrons. The minimum atomic E-state index is -3.80. The van der Waals surface area contributed by atoms with Gasteiger partial charge < -0.3 is 9.84 Å². The van der Waals surface area contributed by atoms with E-state index in [1.165, 1.54) is 7.11 Å². The molecule has 2 N–H and O–H groups in total. The van der Waals surface area contributed by atoms with Gasteiger partial charge in [0, 0.05) is 18.1 Å². The van der Waals surface area contributed by atoms with Crippen LogP contribution in [0.4, 0.5) is 4.39 Å². The van der Waals surface area contributed by atoms with Crippen LogP contribution in [0.2, 0.25) is 0 Å². The Bertz CT molecular complexity index is 509. The Labute approximate surface area is 113 Å². The molecule has 0 saturated carbocycles. The van der Waals surface area contributed by atoms with Gasteiger partial charge in [0.05, 0.1) is 17.6 Å². The first-order chi connectivity index (χ1) is 8.36. The fourth-order valence-electron chi connectivity index (χ4n) is 1.23. The van der Waals surface area contributed by atoms with Gasteiger partial charge in [-0.15, -0.1) is 0 Å². The summed E-state index contributed by atoms with van der Waals surface area (Å²) < 4.78 is 43.6. The number of methoxy groups -OCH3 is 1. The first kappa shape index (κ1) is 15.5. The molecule has 5 nitrogen and oxygen atoms in total. The molecule has 1 rings (SSSR count). The van der Waals surface area contributed by atoms with Crippen LogP contribution in [0.1, 0.15) is 0 Å². The predicted molar refractivity (Wildman–Crippen MR) is 67.2 cm³/mol. The van der Waals surface area contributed by atoms with Crippen molar-refractivity contribution in [1.82, 2.24) is 4.72 Å². The summed E-state index contributed by atoms with van der Waals surface area (Å²) in [6.45, 7) is -0.160. The zero-order chi connectivity index (χ0) is 13.8. The Kier molecular flexibility index (Phi) is 5.67. The quantitative estimate of drug-likeness (QED) is 0.805. The summed E-state index contributed by atoms with van der Waals surface area (Å²) in [5.41, 5.74) is 0. The molecule has 0 aliphatic rings. The highest BCUT2D eigenvalue weighted by atomic mass is 79.9. The number of halogens is 2. The zero-order valence-electron chi connectivity index (χ0n) is 9.56. The Morgan fingerprint density at radius 3 is 2.78 bits per heavy atom. The lowest BCUT2D eigenvalue weighted by Gasteiger charge is -2.12. The Balaban J connectivity index is 2.80. The third-order valence-corrected chi connectivity index (χ3v) is 4.45. The van der Waals surface area contributed by atoms with Crippen LogP contribution in [0.15, 0.2) is 27.6 Å². The molecule has 0 radical (unpaired) electrons. The monoisotopic (exact) mass is 341 g/mol. The molecular weight excluding hydrogens is 329 g/mol. The van der Waals surface area contributed by atoms with Crippen LogP contribution in [0, 0.1) is 5.82 Å². The van der Waals surface area contributed by atoms with Crippen molar-refractivity contribution in [1.29, 1.82) is 0 Å². The van der Waals surface area contributed by atoms with Crippen molar-refractivity contribution < 1.29 is 22.7 Å². The standard InChI is InChI=1S/C10H13BrFNO4S/c1-17-6-8(14)5-13-18(15,16)10-3-2-7(12)4-9(10)11/h2-4,8,13-14H,5-6H2,1H3. The molecule has 18 heavy (non-hydrogen) atoms. The van der Waals surface area contributed by atoms with Gasteiger partial charge in [-0.2, -0.15) is 0 Å². The van der Waals surface area contributed by atoms with Gasteiger partial charge in [0.1, 0.15) is 5.82 Å². The third kappa shape index (κ3) is 4.29. The lowest BCUT2D eigenvalue weighted by molar-refractivity contribution is 0.0679. The van der Waals surface area contributed by atoms with Crippen LogP contribution >= 0.6 is 15.9 Å². The second-order valence-electron chi connectivity index (χ2n) is 3.54. The molecule has 1 unspecified atom stereocenters. The van der Waals surface area contributed by atoms with Crippen molar-refractivity contribution in [2.24, 2.45) is 0 Å². The van der Waals surface area contributed by atoms with Gasteiger partial charge in [-0.3, -0.25) is 0 Å². The van der Waals surface area contributed by atoms with Crippen LogP contribution in [-0.2, 0) is 14.8 Å². The number of aliphatic hydroxyl groups is 1. The van der Waals surface area contributed by atoms with Crippen molar-refractivity contribution in [3.05, 3.63) is 28.5 Å². The second-order valence-corrected chi connectivity index (χ2v) is 6.13. The van der Waals surface area contributed by atoms with Gasteiger partial charge in [-0.05, 0) is 34.1 Å². The maximum absolute atomic E-state index is 12.8. The van der Waals surface area contributed by atoms with Crippen molar-refractivity contribution in [2.45, 2.75) is 11.0 Å². The number of rotatable bonds is 6. The molecule has 0 saturated heterocycles. The first-order valence-electron chi connectivity index (χ1n) is 4.98. The minimum Gasteiger partial charge on any atom is -0.389 e. The normalized spacial score (nSPS) is 13.6. The van der Waals surface area contributed by atoms with E-state index in [0.29, 0.717) is 0 Å². The number of aliphatic hydroxyl groups excluding tert-OH is 1. The van der Waals surface area contributed by atoms with Crippen LogP contribution in [-0.4, -0.2) is 39.9 Å². The second kappa shape index (κ2) is 6.58. The lowest BCUT2D eigenvalue weighted by Crippen LogP contribution is -2.34. The Morgan fingerprint density at radius 1 is 1.56 bits per heavy atom. The number of hydrogen-bond donors (Lipinski definition) is 2. The molecular formula is C10H13BrFNO4S. The molecule has 1 aromatic carbocycles. The van der Waals surface area contributed by atoms with Gasteiger partial charge in [0.25, 0.3) is 0 Å². The lowest BCUT2D eigenvalue weighted by atomic mass is 10.3. The van der Waals surface area contributed by atoms with Crippen molar-refractivity contribution >= 4 is 26.0 Å². The summed E-state index contributed by atoms with van der Waals surface area (Å²) in [6, 6.07) is 3.25. The van der Waals surface area contributed by atoms with Crippen molar-refractivity contribution in [3.8, 4) is 0 Å². The van der Waals surface area contributed by atoms with Gasteiger partial charge in [0.15, 0.2) is 0 Å². The summed E-state index contributed by atoms with van der Waals surface area (Å²) in [5.74, 6) is -0.541. The summed E-state index contributed by atoms with van der Waals surface area (Å²) in [5, 5.41) is 9.35. The molecule has 0 fully saturated rings. The predicted octanol–water partition coefficient (Wildman–Crippen LogP) is 0.874. The fourth-order valence-corrected chi connectivity index (χ4v) is 3.35. The van der Waals surface area contributed by atoms with Crippen molar-refractivity contribution in [3.63, 3.8) is 0 Å². The van der Waals surface area contributed by atoms with Crippen LogP contribution in [0.3, 0.4) is 0 Å². The number of ether oxygens (including phenoxy) is 1. The highest BCUT2D eigenvalue weighted by molar-refractivity contribution is 9.10. The minimum absolute atomic E-state index is 0.0209. The SMILES string of the molecule is COCC(O)CNS(=O)(=O)c1ccc(F)cc1Br. The molecule has 0 heterocycles. The summed E-state index contributed by atoms with van der Waals surface area (Å²) in [6.07, 6.45) is -0.941. The topological polar surface area (TPSA) is 75.6 Å². The Hall–Kier alpha value is -0.540. The summed E-state index contributed by atoms with van der Waals surface area (Å²) in [7, 11) is -2.40. The van der Waals surface area contributed by atoms with Crippen molar-refractivity contribution in [2.75, 3.05) is 20.3 Å². The zero-order valence-corrected chi connectivity index (χ0v) is 12.0. The van der Waals surface area contributed by atoms with E-state index in [4.69, 9.17) is 0 Å². The molecule has 0 aromatic heterocycles. The Morgan fingerprint density at radius 2 is 2.22 bits per heavy atom. The van der Waals surface area contributed by atoms with E-state index in [1.807, 2.05) is 0 Å². The molecule has 1 atom stereocenters. The largest absolute Gasteiger partial charge is 0.389 e. The summed E-state index contributed by atoms with van der Waals surface area (Å²) in [4.78, 5) is -0.0893. The molecule has 1 aromatic rings. The van der Waals surface area contributed by atoms with Gasteiger partial charge >= 0.3 is 0 Å². The average molecular weight is 342 g/mol. The molecule has 0 bridgehead atoms. The highest BCUT2D eigenvalue weighted by Gasteiger charge is 2.19. The number of nitrogens with one attached hydrogen (secondary N) is 1. The summed E-state index contributed by atoms with van der Waals surface area (Å²) >= 11 is 2.97. The molecule has 0 amide bonds. The smallest absolute Gasteiger partial charge is 0.241 e. The van der Waals surface area contributed by atoms with Gasteiger partial charge in [-0.1, -0.05) is 0 Å². The van der Waals surface area contributed by atoms with E-state index in [9.17, 15) is 17.9 Å². The van der Waals surface area contributed by atoms with Crippen LogP contribution in [0.25, 0.3) is 0 Å². The third-order valence-electron chi connectivity index (χ3n) is 2.05. The van der Waals surface area contributed by atoms with E-state index in [2.05, 4.69) is 25.4 Å². The van der Waals surface area contributed by atoms with Gasteiger partial charge in [0.2, 0.25) is 10.0 Å². The highest BCUT2D eigenvalue weighted by Crippen LogP contribution is 2.22. The van der Waals surface area contributed by atoms with E-state index in [0.717, 1.165) is 18.2 Å². The van der Waals surface area contributed by atoms with E-state index >= 15 is 0 Å². The van der Waals surface area contributed by atoms with Gasteiger partial charge in [-0.25, -0.2) is 17.5 Å². The average Bonchev–Trinajstić information content (AvgIpc) is 2.26. The molecule has 0 aliphatic carbocycles. The number of hydrogen-bond acceptors (Lipinski definition) is 4. The first-order valence-corrected chi connectivity index (χ1v) is 7.26. The number of sulfonamides is 1. The number of benzene rings is 1. The van der Waals surface area contributed by atoms with E-state index in [1.54, 1.807) is 0 Å². The van der Waals surface area contributed by atoms with Crippen LogP contribution < -0.4 is 4.72 Å². The molecule has 8 heteroatoms. The maximum atomic E-state index is 12.8. The molecule has 0 aliphatic heterocycles. The molecule has 0 spiro atoms. The van der Waals surface area contributed by atoms with E-state index in [-0.39, 0.29) is 22.5 Å². The maximum Gasteiger partial charge on any atom is 0.241 e. The van der Waals surface area contributed by atoms with Crippen LogP contribution in [0.5, 0.6) is 0 Å². The fraction of sp³-hybridized carbons (Fsp3) is 0.400. The van der Waals surface area contributed by atoms with E-state index < -0.39 is 21.9 Å².